The fraction of sp³-hybridized carbons (Fsp3) is 0.564. The van der Waals surface area contributed by atoms with Gasteiger partial charge in [-0.15, -0.1) is 17.4 Å². The Morgan fingerprint density at radius 1 is 0.690 bits per heavy atom. The van der Waals surface area contributed by atoms with Gasteiger partial charge in [-0.3, -0.25) is 6.08 Å². The van der Waals surface area contributed by atoms with Crippen LogP contribution < -0.4 is 24.8 Å². The van der Waals surface area contributed by atoms with Gasteiger partial charge in [0, 0.05) is 10.8 Å². The van der Waals surface area contributed by atoms with E-state index in [1.54, 1.807) is 12.0 Å². The normalized spacial score (nSPS) is 47.4. The molecule has 3 heteroatoms. The molecule has 1 aromatic carbocycles. The van der Waals surface area contributed by atoms with E-state index in [0.717, 1.165) is 23.7 Å². The molecule has 0 nitrogen and oxygen atoms in total. The number of halogens is 2. The average molecular weight is 893 g/mol. The van der Waals surface area contributed by atoms with E-state index in [0.29, 0.717) is 17.3 Å². The van der Waals surface area contributed by atoms with Crippen molar-refractivity contribution in [1.29, 1.82) is 0 Å². The van der Waals surface area contributed by atoms with Crippen molar-refractivity contribution in [2.45, 2.75) is 115 Å². The molecule has 310 valence electrons. The molecule has 4 bridgehead atoms. The van der Waals surface area contributed by atoms with Crippen molar-refractivity contribution >= 4 is 3.21 Å². The first-order valence-electron chi connectivity index (χ1n) is 22.2. The molecule has 0 saturated heterocycles. The molecule has 10 aliphatic carbocycles. The molecule has 0 aliphatic heterocycles. The zero-order valence-electron chi connectivity index (χ0n) is 37.6. The number of benzene rings is 1. The van der Waals surface area contributed by atoms with Crippen LogP contribution in [0.15, 0.2) is 114 Å². The van der Waals surface area contributed by atoms with Gasteiger partial charge >= 0.3 is 76.7 Å². The summed E-state index contributed by atoms with van der Waals surface area (Å²) in [4.78, 5) is 0. The molecule has 6 fully saturated rings. The van der Waals surface area contributed by atoms with E-state index in [9.17, 15) is 0 Å². The summed E-state index contributed by atoms with van der Waals surface area (Å²) < 4.78 is 1.46. The standard InChI is InChI=1S/C29H37.C17H23.C9H10.2ClH.Zr/c1-21-14-13-15-22-20-27(6)25(4)18-10-9-16-23(25,2)24(3)17-11-12-19-26(24,5)29(27,8)28(21,22)7;1-11-3-4-14(5-11)17(2)15-7-12-6-13(9-15)10-16(17)8-12;1-3-9-6-4-8(2)5-7-9;;;/h9-20,22H,1-8H3;4-5,11-13,15-16H,6-10H2,1-2H3;4-7H,1-2H3;2*1H;/q2*-1;;;;+2/p-2. The summed E-state index contributed by atoms with van der Waals surface area (Å²) in [6, 6.07) is 8.67. The summed E-state index contributed by atoms with van der Waals surface area (Å²) in [5.41, 5.74) is 6.59. The second-order valence-electron chi connectivity index (χ2n) is 21.5. The molecule has 58 heavy (non-hydrogen) atoms. The van der Waals surface area contributed by atoms with Gasteiger partial charge in [-0.25, -0.2) is 6.08 Å². The van der Waals surface area contributed by atoms with Crippen molar-refractivity contribution in [3.63, 3.8) is 0 Å². The van der Waals surface area contributed by atoms with Crippen LogP contribution >= 0.6 is 0 Å². The third kappa shape index (κ3) is 5.83. The Morgan fingerprint density at radius 3 is 1.69 bits per heavy atom. The minimum absolute atomic E-state index is 0. The Morgan fingerprint density at radius 2 is 1.19 bits per heavy atom. The van der Waals surface area contributed by atoms with Gasteiger partial charge in [-0.05, 0) is 84.4 Å². The summed E-state index contributed by atoms with van der Waals surface area (Å²) in [6.07, 6.45) is 45.2. The molecule has 9 unspecified atom stereocenters. The molecule has 10 aliphatic rings. The van der Waals surface area contributed by atoms with E-state index >= 15 is 0 Å². The van der Waals surface area contributed by atoms with Crippen molar-refractivity contribution in [3.8, 4) is 0 Å². The largest absolute Gasteiger partial charge is 1.00 e. The maximum absolute atomic E-state index is 3.49. The maximum Gasteiger partial charge on any atom is -1.00 e. The van der Waals surface area contributed by atoms with Crippen LogP contribution in [-0.2, 0) is 24.2 Å². The van der Waals surface area contributed by atoms with Crippen LogP contribution in [0.4, 0.5) is 0 Å². The molecule has 0 spiro atoms. The van der Waals surface area contributed by atoms with E-state index in [4.69, 9.17) is 0 Å². The van der Waals surface area contributed by atoms with Gasteiger partial charge < -0.3 is 31.2 Å². The third-order valence-electron chi connectivity index (χ3n) is 19.9. The van der Waals surface area contributed by atoms with Gasteiger partial charge in [0.25, 0.3) is 0 Å². The first kappa shape index (κ1) is 46.0. The van der Waals surface area contributed by atoms with Crippen molar-refractivity contribution < 1.29 is 49.0 Å². The number of allylic oxidation sites excluding steroid dienone is 16. The number of hydrogen-bond acceptors (Lipinski definition) is 0. The van der Waals surface area contributed by atoms with Crippen molar-refractivity contribution in [1.82, 2.24) is 0 Å². The fourth-order valence-corrected chi connectivity index (χ4v) is 16.0. The molecular formula is C55H70Cl2Zr-2. The molecule has 0 heterocycles. The van der Waals surface area contributed by atoms with E-state index in [2.05, 4.69) is 199 Å². The first-order valence-corrected chi connectivity index (χ1v) is 23.4. The summed E-state index contributed by atoms with van der Waals surface area (Å²) in [5, 5.41) is 0. The van der Waals surface area contributed by atoms with Crippen LogP contribution in [0, 0.1) is 98.2 Å². The van der Waals surface area contributed by atoms with E-state index in [1.807, 2.05) is 0 Å². The van der Waals surface area contributed by atoms with Gasteiger partial charge in [0.05, 0.1) is 0 Å². The topological polar surface area (TPSA) is 0 Å². The molecule has 0 amide bonds. The summed E-state index contributed by atoms with van der Waals surface area (Å²) in [5.74, 6) is 5.14. The van der Waals surface area contributed by atoms with Crippen molar-refractivity contribution in [2.75, 3.05) is 0 Å². The summed E-state index contributed by atoms with van der Waals surface area (Å²) in [7, 11) is 0. The van der Waals surface area contributed by atoms with E-state index in [1.165, 1.54) is 69.8 Å². The summed E-state index contributed by atoms with van der Waals surface area (Å²) in [6.45, 7) is 29.4. The molecule has 11 rings (SSSR count). The SMILES string of the molecule is CC1=CC=CC2[CH-]C3(C)C4(C)C=CC=CC4(C)C4(C)C=CC=CC4(C)C3(C)C12C.CC1[C-]=CC(C2(C)C3CC4CC(C3)CC2C4)=C1.C[C](=[Zr+2])c1ccc(C)cc1.[Cl-].[Cl-]. The van der Waals surface area contributed by atoms with Gasteiger partial charge in [0.15, 0.2) is 0 Å². The molecular weight excluding hydrogens is 823 g/mol. The molecule has 1 aromatic rings. The number of aryl methyl sites for hydroxylation is 1. The van der Waals surface area contributed by atoms with Gasteiger partial charge in [0.1, 0.15) is 0 Å². The Bertz CT molecular complexity index is 2010. The van der Waals surface area contributed by atoms with E-state index in [-0.39, 0.29) is 62.7 Å². The van der Waals surface area contributed by atoms with Crippen LogP contribution in [0.5, 0.6) is 0 Å². The molecule has 0 radical (unpaired) electrons. The summed E-state index contributed by atoms with van der Waals surface area (Å²) >= 11 is 1.51. The van der Waals surface area contributed by atoms with E-state index < -0.39 is 0 Å². The van der Waals surface area contributed by atoms with Gasteiger partial charge in [0.2, 0.25) is 0 Å². The van der Waals surface area contributed by atoms with Crippen LogP contribution in [0.2, 0.25) is 0 Å². The quantitative estimate of drug-likeness (QED) is 0.264. The van der Waals surface area contributed by atoms with Crippen molar-refractivity contribution in [2.24, 2.45) is 78.8 Å². The van der Waals surface area contributed by atoms with Crippen molar-refractivity contribution in [3.05, 3.63) is 138 Å². The monoisotopic (exact) mass is 890 g/mol. The molecule has 9 atom stereocenters. The minimum atomic E-state index is 0. The zero-order valence-corrected chi connectivity index (χ0v) is 41.6. The first-order chi connectivity index (χ1) is 26.3. The number of fused-ring (bicyclic) bond motifs is 8. The van der Waals surface area contributed by atoms with Gasteiger partial charge in [-0.1, -0.05) is 140 Å². The molecule has 6 saturated carbocycles. The fourth-order valence-electron chi connectivity index (χ4n) is 15.6. The molecule has 0 aromatic heterocycles. The predicted octanol–water partition coefficient (Wildman–Crippen LogP) is 8.12. The Kier molecular flexibility index (Phi) is 12.2. The number of rotatable bonds is 2. The maximum atomic E-state index is 3.49. The molecule has 0 N–H and O–H groups in total. The van der Waals surface area contributed by atoms with Gasteiger partial charge in [-0.2, -0.15) is 11.6 Å². The predicted molar refractivity (Wildman–Crippen MR) is 235 cm³/mol. The smallest absolute Gasteiger partial charge is 1.00 e. The number of hydrogen-bond donors (Lipinski definition) is 0. The third-order valence-corrected chi connectivity index (χ3v) is 20.6. The zero-order chi connectivity index (χ0) is 40.3. The van der Waals surface area contributed by atoms with Crippen LogP contribution in [0.1, 0.15) is 119 Å². The Labute approximate surface area is 381 Å². The average Bonchev–Trinajstić information content (AvgIpc) is 3.68. The Hall–Kier alpha value is -1.53. The van der Waals surface area contributed by atoms with Crippen LogP contribution in [0.3, 0.4) is 0 Å². The Balaban J connectivity index is 0.000000165. The minimum Gasteiger partial charge on any atom is -1.00 e. The second-order valence-corrected chi connectivity index (χ2v) is 23.3. The second kappa shape index (κ2) is 15.4. The van der Waals surface area contributed by atoms with Crippen LogP contribution in [0.25, 0.3) is 0 Å². The van der Waals surface area contributed by atoms with Crippen LogP contribution in [-0.4, -0.2) is 3.21 Å².